The van der Waals surface area contributed by atoms with Gasteiger partial charge in [-0.3, -0.25) is 5.10 Å². The minimum atomic E-state index is -3.64. The molecule has 0 saturated carbocycles. The predicted molar refractivity (Wildman–Crippen MR) is 72.5 cm³/mol. The second-order valence-electron chi connectivity index (χ2n) is 5.65. The molecule has 20 heavy (non-hydrogen) atoms. The summed E-state index contributed by atoms with van der Waals surface area (Å²) in [5.41, 5.74) is 0.638. The van der Waals surface area contributed by atoms with Crippen LogP contribution in [0.3, 0.4) is 0 Å². The van der Waals surface area contributed by atoms with E-state index in [1.165, 1.54) is 0 Å². The molecular weight excluding hydrogens is 280 g/mol. The molecule has 7 nitrogen and oxygen atoms in total. The molecule has 3 fully saturated rings. The lowest BCUT2D eigenvalue weighted by atomic mass is 9.85. The summed E-state index contributed by atoms with van der Waals surface area (Å²) >= 11 is 0. The van der Waals surface area contributed by atoms with Gasteiger partial charge in [0.15, 0.2) is 0 Å². The van der Waals surface area contributed by atoms with E-state index >= 15 is 0 Å². The average Bonchev–Trinajstić information content (AvgIpc) is 2.81. The van der Waals surface area contributed by atoms with Gasteiger partial charge in [-0.05, 0) is 38.8 Å². The number of H-pyrrole nitrogens is 1. The largest absolute Gasteiger partial charge is 0.390 e. The lowest BCUT2D eigenvalue weighted by Crippen LogP contribution is -2.57. The molecule has 0 aliphatic carbocycles. The van der Waals surface area contributed by atoms with Crippen molar-refractivity contribution in [2.45, 2.75) is 37.3 Å². The van der Waals surface area contributed by atoms with Crippen molar-refractivity contribution in [3.8, 4) is 0 Å². The number of rotatable bonds is 4. The van der Waals surface area contributed by atoms with Crippen molar-refractivity contribution in [3.05, 3.63) is 11.4 Å². The maximum absolute atomic E-state index is 12.5. The molecule has 112 valence electrons. The molecule has 1 atom stereocenters. The van der Waals surface area contributed by atoms with Crippen molar-refractivity contribution in [3.63, 3.8) is 0 Å². The van der Waals surface area contributed by atoms with Crippen LogP contribution in [0.4, 0.5) is 0 Å². The zero-order valence-electron chi connectivity index (χ0n) is 11.5. The van der Waals surface area contributed by atoms with E-state index in [1.54, 1.807) is 6.92 Å². The third kappa shape index (κ3) is 2.37. The second-order valence-corrected chi connectivity index (χ2v) is 7.30. The summed E-state index contributed by atoms with van der Waals surface area (Å²) in [4.78, 5) is 2.39. The van der Waals surface area contributed by atoms with Crippen LogP contribution in [0.1, 0.15) is 24.2 Å². The van der Waals surface area contributed by atoms with Crippen molar-refractivity contribution < 1.29 is 13.5 Å². The van der Waals surface area contributed by atoms with Gasteiger partial charge in [-0.25, -0.2) is 13.1 Å². The van der Waals surface area contributed by atoms with Crippen LogP contribution in [0.2, 0.25) is 0 Å². The van der Waals surface area contributed by atoms with Gasteiger partial charge in [-0.15, -0.1) is 0 Å². The fraction of sp³-hybridized carbons (Fsp3) is 0.750. The first-order valence-corrected chi connectivity index (χ1v) is 8.39. The van der Waals surface area contributed by atoms with E-state index in [1.807, 2.05) is 0 Å². The number of sulfonamides is 1. The van der Waals surface area contributed by atoms with E-state index in [2.05, 4.69) is 19.8 Å². The van der Waals surface area contributed by atoms with Crippen LogP contribution >= 0.6 is 0 Å². The monoisotopic (exact) mass is 300 g/mol. The van der Waals surface area contributed by atoms with E-state index < -0.39 is 10.0 Å². The molecule has 1 unspecified atom stereocenters. The smallest absolute Gasteiger partial charge is 0.244 e. The van der Waals surface area contributed by atoms with Crippen molar-refractivity contribution in [1.29, 1.82) is 0 Å². The Morgan fingerprint density at radius 3 is 2.70 bits per heavy atom. The van der Waals surface area contributed by atoms with E-state index in [9.17, 15) is 13.5 Å². The Hall–Kier alpha value is -0.960. The molecule has 2 bridgehead atoms. The van der Waals surface area contributed by atoms with Gasteiger partial charge in [-0.1, -0.05) is 0 Å². The number of aliphatic hydroxyl groups excluding tert-OH is 1. The summed E-state index contributed by atoms with van der Waals surface area (Å²) in [5.74, 6) is 0.416. The standard InChI is InChI=1S/C12H20N4O3S/c1-8-12(11(7-17)14-13-8)20(18,19)15-10-6-16-4-2-9(10)3-5-16/h9-10,15,17H,2-7H2,1H3,(H,13,14). The Morgan fingerprint density at radius 2 is 2.15 bits per heavy atom. The average molecular weight is 300 g/mol. The molecule has 1 aromatic rings. The van der Waals surface area contributed by atoms with Crippen LogP contribution in [0, 0.1) is 12.8 Å². The summed E-state index contributed by atoms with van der Waals surface area (Å²) in [6.07, 6.45) is 2.09. The van der Waals surface area contributed by atoms with E-state index in [-0.39, 0.29) is 23.2 Å². The van der Waals surface area contributed by atoms with Gasteiger partial charge in [0, 0.05) is 12.6 Å². The zero-order chi connectivity index (χ0) is 14.3. The summed E-state index contributed by atoms with van der Waals surface area (Å²) in [6.45, 7) is 4.17. The number of aromatic nitrogens is 2. The molecule has 1 aromatic heterocycles. The number of hydrogen-bond acceptors (Lipinski definition) is 5. The Kier molecular flexibility index (Phi) is 3.57. The summed E-state index contributed by atoms with van der Waals surface area (Å²) in [5, 5.41) is 15.7. The normalized spacial score (nSPS) is 29.8. The lowest BCUT2D eigenvalue weighted by molar-refractivity contribution is 0.0827. The molecule has 0 spiro atoms. The summed E-state index contributed by atoms with van der Waals surface area (Å²) in [7, 11) is -3.64. The number of aliphatic hydroxyl groups is 1. The van der Waals surface area contributed by atoms with Gasteiger partial charge >= 0.3 is 0 Å². The van der Waals surface area contributed by atoms with Crippen molar-refractivity contribution in [2.75, 3.05) is 19.6 Å². The van der Waals surface area contributed by atoms with Gasteiger partial charge in [0.2, 0.25) is 10.0 Å². The predicted octanol–water partition coefficient (Wildman–Crippen LogP) is -0.417. The van der Waals surface area contributed by atoms with Crippen LogP contribution in [-0.4, -0.2) is 54.3 Å². The molecule has 3 aliphatic heterocycles. The molecular formula is C12H20N4O3S. The molecule has 0 amide bonds. The van der Waals surface area contributed by atoms with Crippen LogP contribution in [0.25, 0.3) is 0 Å². The lowest BCUT2D eigenvalue weighted by Gasteiger charge is -2.44. The van der Waals surface area contributed by atoms with Gasteiger partial charge < -0.3 is 10.0 Å². The highest BCUT2D eigenvalue weighted by molar-refractivity contribution is 7.89. The topological polar surface area (TPSA) is 98.3 Å². The Bertz CT molecular complexity index is 590. The molecule has 3 saturated heterocycles. The molecule has 4 rings (SSSR count). The fourth-order valence-corrected chi connectivity index (χ4v) is 4.94. The minimum absolute atomic E-state index is 0.0386. The van der Waals surface area contributed by atoms with Gasteiger partial charge in [0.1, 0.15) is 10.6 Å². The molecule has 0 aromatic carbocycles. The first kappa shape index (κ1) is 14.0. The number of hydrogen-bond donors (Lipinski definition) is 3. The Balaban J connectivity index is 1.84. The molecule has 4 heterocycles. The quantitative estimate of drug-likeness (QED) is 0.702. The Labute approximate surface area is 118 Å². The third-order valence-electron chi connectivity index (χ3n) is 4.34. The molecule has 8 heteroatoms. The number of nitrogens with zero attached hydrogens (tertiary/aromatic N) is 2. The first-order valence-electron chi connectivity index (χ1n) is 6.90. The Morgan fingerprint density at radius 1 is 1.45 bits per heavy atom. The minimum Gasteiger partial charge on any atom is -0.390 e. The molecule has 3 aliphatic rings. The van der Waals surface area contributed by atoms with E-state index in [0.29, 0.717) is 11.6 Å². The zero-order valence-corrected chi connectivity index (χ0v) is 12.3. The van der Waals surface area contributed by atoms with Crippen molar-refractivity contribution >= 4 is 10.0 Å². The van der Waals surface area contributed by atoms with Crippen LogP contribution in [-0.2, 0) is 16.6 Å². The fourth-order valence-electron chi connectivity index (χ4n) is 3.29. The second kappa shape index (κ2) is 5.10. The number of fused-ring (bicyclic) bond motifs is 3. The van der Waals surface area contributed by atoms with E-state index in [0.717, 1.165) is 32.5 Å². The summed E-state index contributed by atoms with van der Waals surface area (Å²) < 4.78 is 27.9. The van der Waals surface area contributed by atoms with Gasteiger partial charge in [0.05, 0.1) is 12.3 Å². The number of piperidine rings is 3. The highest BCUT2D eigenvalue weighted by Gasteiger charge is 2.37. The first-order chi connectivity index (χ1) is 9.51. The molecule has 3 N–H and O–H groups in total. The number of aromatic amines is 1. The summed E-state index contributed by atoms with van der Waals surface area (Å²) in [6, 6.07) is -0.0386. The highest BCUT2D eigenvalue weighted by Crippen LogP contribution is 2.29. The van der Waals surface area contributed by atoms with Crippen molar-refractivity contribution in [1.82, 2.24) is 19.8 Å². The number of aryl methyl sites for hydroxylation is 1. The van der Waals surface area contributed by atoms with Gasteiger partial charge in [-0.2, -0.15) is 5.10 Å². The number of nitrogens with one attached hydrogen (secondary N) is 2. The van der Waals surface area contributed by atoms with Crippen LogP contribution in [0.5, 0.6) is 0 Å². The SMILES string of the molecule is Cc1[nH]nc(CO)c1S(=O)(=O)NC1CN2CCC1CC2. The van der Waals surface area contributed by atoms with Crippen molar-refractivity contribution in [2.24, 2.45) is 5.92 Å². The van der Waals surface area contributed by atoms with E-state index in [4.69, 9.17) is 0 Å². The molecule has 0 radical (unpaired) electrons. The maximum Gasteiger partial charge on any atom is 0.244 e. The highest BCUT2D eigenvalue weighted by atomic mass is 32.2. The maximum atomic E-state index is 12.5. The third-order valence-corrected chi connectivity index (χ3v) is 6.03. The van der Waals surface area contributed by atoms with Gasteiger partial charge in [0.25, 0.3) is 0 Å². The van der Waals surface area contributed by atoms with Crippen LogP contribution < -0.4 is 4.72 Å². The van der Waals surface area contributed by atoms with Crippen LogP contribution in [0.15, 0.2) is 4.90 Å².